The van der Waals surface area contributed by atoms with E-state index in [9.17, 15) is 27.6 Å². The van der Waals surface area contributed by atoms with Crippen LogP contribution in [-0.2, 0) is 13.2 Å². The molecule has 2 aromatic carbocycles. The summed E-state index contributed by atoms with van der Waals surface area (Å²) >= 11 is 6.66. The van der Waals surface area contributed by atoms with Crippen molar-refractivity contribution in [1.29, 1.82) is 0 Å². The van der Waals surface area contributed by atoms with Crippen LogP contribution < -0.4 is 15.5 Å². The van der Waals surface area contributed by atoms with E-state index in [-0.39, 0.29) is 29.0 Å². The van der Waals surface area contributed by atoms with Crippen molar-refractivity contribution in [2.75, 3.05) is 13.1 Å². The van der Waals surface area contributed by atoms with Gasteiger partial charge in [0.25, 0.3) is 11.8 Å². The first kappa shape index (κ1) is 25.8. The lowest BCUT2D eigenvalue weighted by Gasteiger charge is -2.36. The molecule has 5 rings (SSSR count). The Balaban J connectivity index is 1.55. The zero-order valence-corrected chi connectivity index (χ0v) is 20.8. The fraction of sp³-hybridized carbons (Fsp3) is 0.296. The summed E-state index contributed by atoms with van der Waals surface area (Å²) < 4.78 is 48.8. The molecule has 0 spiro atoms. The molecule has 0 radical (unpaired) electrons. The number of carbonyl (C=O) groups excluding carboxylic acids is 2. The van der Waals surface area contributed by atoms with Gasteiger partial charge in [-0.25, -0.2) is 13.2 Å². The Morgan fingerprint density at radius 1 is 1.11 bits per heavy atom. The maximum Gasteiger partial charge on any atom is 0.274 e. The monoisotopic (exact) mass is 545 g/mol. The molecule has 0 saturated carbocycles. The molecule has 2 aliphatic rings. The number of halogens is 4. The number of pyridine rings is 1. The molecular weight excluding hydrogens is 523 g/mol. The van der Waals surface area contributed by atoms with Crippen molar-refractivity contribution in [2.45, 2.75) is 37.4 Å². The van der Waals surface area contributed by atoms with Gasteiger partial charge in [-0.15, -0.1) is 11.6 Å². The second kappa shape index (κ2) is 10.5. The van der Waals surface area contributed by atoms with Crippen molar-refractivity contribution < 1.29 is 27.5 Å². The van der Waals surface area contributed by atoms with Crippen LogP contribution in [0.3, 0.4) is 0 Å². The lowest BCUT2D eigenvalue weighted by molar-refractivity contribution is 0.0674. The average Bonchev–Trinajstić information content (AvgIpc) is 3.06. The number of fused-ring (bicyclic) bond motifs is 4. The largest absolute Gasteiger partial charge is 0.483 e. The molecule has 2 atom stereocenters. The van der Waals surface area contributed by atoms with E-state index in [4.69, 9.17) is 16.3 Å². The molecule has 2 bridgehead atoms. The Labute approximate surface area is 220 Å². The molecule has 1 saturated heterocycles. The highest BCUT2D eigenvalue weighted by molar-refractivity contribution is 6.21. The third-order valence-corrected chi connectivity index (χ3v) is 7.28. The van der Waals surface area contributed by atoms with Gasteiger partial charge in [0.2, 0.25) is 5.43 Å². The number of carbonyl (C=O) groups is 2. The van der Waals surface area contributed by atoms with Crippen LogP contribution in [0.15, 0.2) is 53.5 Å². The van der Waals surface area contributed by atoms with Crippen LogP contribution in [0.25, 0.3) is 0 Å². The van der Waals surface area contributed by atoms with Crippen molar-refractivity contribution in [3.05, 3.63) is 98.7 Å². The Morgan fingerprint density at radius 2 is 1.82 bits per heavy atom. The normalized spacial score (nSPS) is 18.5. The molecule has 11 heteroatoms. The number of ether oxygens (including phenoxy) is 1. The van der Waals surface area contributed by atoms with Gasteiger partial charge in [0.05, 0.1) is 11.4 Å². The number of rotatable bonds is 6. The quantitative estimate of drug-likeness (QED) is 0.472. The Kier molecular flexibility index (Phi) is 7.16. The number of hydrogen-bond acceptors (Lipinski definition) is 4. The maximum atomic E-state index is 14.1. The highest BCUT2D eigenvalue weighted by Gasteiger charge is 2.40. The molecule has 1 aromatic heterocycles. The lowest BCUT2D eigenvalue weighted by atomic mass is 10.0. The Morgan fingerprint density at radius 3 is 2.53 bits per heavy atom. The summed E-state index contributed by atoms with van der Waals surface area (Å²) in [6, 6.07) is 9.55. The zero-order chi connectivity index (χ0) is 27.0. The molecular formula is C27H23ClF3N3O4. The van der Waals surface area contributed by atoms with Gasteiger partial charge in [0, 0.05) is 43.5 Å². The minimum Gasteiger partial charge on any atom is -0.483 e. The fourth-order valence-electron chi connectivity index (χ4n) is 4.81. The summed E-state index contributed by atoms with van der Waals surface area (Å²) in [5.74, 6) is -5.09. The molecule has 0 unspecified atom stereocenters. The number of hydrogen-bond donors (Lipinski definition) is 1. The van der Waals surface area contributed by atoms with Gasteiger partial charge in [-0.1, -0.05) is 30.3 Å². The van der Waals surface area contributed by atoms with Gasteiger partial charge in [0.1, 0.15) is 29.6 Å². The van der Waals surface area contributed by atoms with E-state index in [2.05, 4.69) is 5.32 Å². The summed E-state index contributed by atoms with van der Waals surface area (Å²) in [6.45, 7) is 0.102. The second-order valence-electron chi connectivity index (χ2n) is 9.24. The molecule has 3 heterocycles. The highest BCUT2D eigenvalue weighted by atomic mass is 35.5. The third kappa shape index (κ3) is 4.88. The SMILES string of the molecule is O=C(NCc1c(F)cc(F)cc1F)c1cn2c(c(OCc3ccccc3)c1=O)C(=O)N1CCC[C@H](Cl)[C@H]2C1. The first-order valence-electron chi connectivity index (χ1n) is 12.1. The third-order valence-electron chi connectivity index (χ3n) is 6.77. The molecule has 2 amide bonds. The minimum absolute atomic E-state index is 0.00176. The van der Waals surface area contributed by atoms with Crippen molar-refractivity contribution in [2.24, 2.45) is 0 Å². The Hall–Kier alpha value is -3.79. The summed E-state index contributed by atoms with van der Waals surface area (Å²) in [5, 5.41) is 1.94. The van der Waals surface area contributed by atoms with Crippen molar-refractivity contribution >= 4 is 23.4 Å². The smallest absolute Gasteiger partial charge is 0.274 e. The van der Waals surface area contributed by atoms with Gasteiger partial charge in [0.15, 0.2) is 11.4 Å². The van der Waals surface area contributed by atoms with Gasteiger partial charge < -0.3 is 19.5 Å². The molecule has 7 nitrogen and oxygen atoms in total. The van der Waals surface area contributed by atoms with Crippen LogP contribution in [0.2, 0.25) is 0 Å². The summed E-state index contributed by atoms with van der Waals surface area (Å²) in [7, 11) is 0. The van der Waals surface area contributed by atoms with Crippen molar-refractivity contribution in [3.8, 4) is 5.75 Å². The van der Waals surface area contributed by atoms with Gasteiger partial charge in [-0.3, -0.25) is 14.4 Å². The van der Waals surface area contributed by atoms with Crippen LogP contribution in [0.5, 0.6) is 5.75 Å². The van der Waals surface area contributed by atoms with Gasteiger partial charge in [-0.2, -0.15) is 0 Å². The van der Waals surface area contributed by atoms with Crippen molar-refractivity contribution in [3.63, 3.8) is 0 Å². The summed E-state index contributed by atoms with van der Waals surface area (Å²) in [4.78, 5) is 41.7. The fourth-order valence-corrected chi connectivity index (χ4v) is 5.16. The van der Waals surface area contributed by atoms with E-state index in [1.165, 1.54) is 10.8 Å². The van der Waals surface area contributed by atoms with E-state index in [0.717, 1.165) is 5.56 Å². The maximum absolute atomic E-state index is 14.1. The minimum atomic E-state index is -1.18. The van der Waals surface area contributed by atoms with E-state index in [1.807, 2.05) is 6.07 Å². The van der Waals surface area contributed by atoms with E-state index >= 15 is 0 Å². The number of amides is 2. The first-order valence-corrected chi connectivity index (χ1v) is 12.5. The average molecular weight is 546 g/mol. The number of benzene rings is 2. The predicted octanol–water partition coefficient (Wildman–Crippen LogP) is 4.17. The van der Waals surface area contributed by atoms with Crippen LogP contribution in [0.4, 0.5) is 13.2 Å². The molecule has 2 aliphatic heterocycles. The van der Waals surface area contributed by atoms with Gasteiger partial charge >= 0.3 is 0 Å². The molecule has 38 heavy (non-hydrogen) atoms. The van der Waals surface area contributed by atoms with E-state index < -0.39 is 52.8 Å². The van der Waals surface area contributed by atoms with E-state index in [1.54, 1.807) is 29.2 Å². The lowest BCUT2D eigenvalue weighted by Crippen LogP contribution is -2.46. The summed E-state index contributed by atoms with van der Waals surface area (Å²) in [6.07, 6.45) is 2.55. The Bertz CT molecular complexity index is 1440. The van der Waals surface area contributed by atoms with E-state index in [0.29, 0.717) is 38.1 Å². The standard InChI is InChI=1S/C27H23ClF3N3O4/c28-19-7-4-8-33-13-22(19)34-12-18(26(36)32-11-17-20(30)9-16(29)10-21(17)31)24(35)25(23(34)27(33)37)38-14-15-5-2-1-3-6-15/h1-3,5-6,9-10,12,19,22H,4,7-8,11,13-14H2,(H,32,36)/t19-,22+/m0/s1. The highest BCUT2D eigenvalue weighted by Crippen LogP contribution is 2.35. The number of nitrogens with zero attached hydrogens (tertiary/aromatic N) is 2. The molecule has 1 N–H and O–H groups in total. The molecule has 1 fully saturated rings. The molecule has 0 aliphatic carbocycles. The molecule has 198 valence electrons. The number of alkyl halides is 1. The van der Waals surface area contributed by atoms with Crippen LogP contribution in [0, 0.1) is 17.5 Å². The number of aromatic nitrogens is 1. The van der Waals surface area contributed by atoms with Crippen LogP contribution in [0.1, 0.15) is 50.9 Å². The summed E-state index contributed by atoms with van der Waals surface area (Å²) in [5.41, 5.74) is -1.05. The topological polar surface area (TPSA) is 80.6 Å². The molecule has 3 aromatic rings. The second-order valence-corrected chi connectivity index (χ2v) is 9.80. The zero-order valence-electron chi connectivity index (χ0n) is 20.1. The number of nitrogens with one attached hydrogen (secondary N) is 1. The van der Waals surface area contributed by atoms with Gasteiger partial charge in [-0.05, 0) is 18.4 Å². The predicted molar refractivity (Wildman–Crippen MR) is 133 cm³/mol. The van der Waals surface area contributed by atoms with Crippen LogP contribution in [-0.4, -0.2) is 39.7 Å². The first-order chi connectivity index (χ1) is 18.2. The van der Waals surface area contributed by atoms with Crippen molar-refractivity contribution in [1.82, 2.24) is 14.8 Å². The van der Waals surface area contributed by atoms with Crippen LogP contribution >= 0.6 is 11.6 Å².